The lowest BCUT2D eigenvalue weighted by Crippen LogP contribution is -2.09. The van der Waals surface area contributed by atoms with Crippen LogP contribution in [-0.4, -0.2) is 19.0 Å². The van der Waals surface area contributed by atoms with Crippen molar-refractivity contribution >= 4 is 5.78 Å². The van der Waals surface area contributed by atoms with Crippen molar-refractivity contribution in [3.63, 3.8) is 0 Å². The Morgan fingerprint density at radius 1 is 1.29 bits per heavy atom. The second-order valence-corrected chi connectivity index (χ2v) is 3.87. The van der Waals surface area contributed by atoms with Gasteiger partial charge in [-0.15, -0.1) is 0 Å². The van der Waals surface area contributed by atoms with Crippen LogP contribution in [0, 0.1) is 11.3 Å². The summed E-state index contributed by atoms with van der Waals surface area (Å²) in [5.74, 6) is -0.0361. The molecule has 3 nitrogen and oxygen atoms in total. The van der Waals surface area contributed by atoms with Gasteiger partial charge in [-0.2, -0.15) is 5.26 Å². The number of hydrogen-bond acceptors (Lipinski definition) is 3. The molecule has 3 heteroatoms. The van der Waals surface area contributed by atoms with Gasteiger partial charge in [-0.3, -0.25) is 4.79 Å². The van der Waals surface area contributed by atoms with Gasteiger partial charge in [-0.1, -0.05) is 31.9 Å². The maximum absolute atomic E-state index is 11.7. The van der Waals surface area contributed by atoms with Crippen LogP contribution in [0.2, 0.25) is 0 Å². The van der Waals surface area contributed by atoms with Gasteiger partial charge in [-0.25, -0.2) is 0 Å². The van der Waals surface area contributed by atoms with Crippen LogP contribution < -0.4 is 0 Å². The normalized spacial score (nSPS) is 9.88. The molecule has 0 aliphatic carbocycles. The first kappa shape index (κ1) is 13.4. The van der Waals surface area contributed by atoms with Crippen molar-refractivity contribution in [3.05, 3.63) is 35.4 Å². The van der Waals surface area contributed by atoms with Crippen molar-refractivity contribution in [2.24, 2.45) is 0 Å². The van der Waals surface area contributed by atoms with Crippen LogP contribution >= 0.6 is 0 Å². The molecule has 0 saturated heterocycles. The molecule has 0 aliphatic rings. The highest BCUT2D eigenvalue weighted by Crippen LogP contribution is 2.05. The third kappa shape index (κ3) is 4.80. The third-order valence-corrected chi connectivity index (χ3v) is 2.46. The van der Waals surface area contributed by atoms with Crippen molar-refractivity contribution in [2.45, 2.75) is 26.2 Å². The molecule has 0 fully saturated rings. The first-order valence-electron chi connectivity index (χ1n) is 5.89. The number of nitrogens with zero attached hydrogens (tertiary/aromatic N) is 1. The highest BCUT2D eigenvalue weighted by atomic mass is 16.5. The first-order chi connectivity index (χ1) is 8.27. The predicted octanol–water partition coefficient (Wildman–Crippen LogP) is 2.95. The van der Waals surface area contributed by atoms with Gasteiger partial charge in [0.15, 0.2) is 5.78 Å². The molecule has 0 bridgehead atoms. The summed E-state index contributed by atoms with van der Waals surface area (Å²) in [6.45, 7) is 2.88. The number of Topliss-reactive ketones (excluding diaryl/α,β-unsaturated/α-hetero) is 1. The van der Waals surface area contributed by atoms with Gasteiger partial charge in [0.25, 0.3) is 0 Å². The van der Waals surface area contributed by atoms with Gasteiger partial charge in [0.2, 0.25) is 0 Å². The molecule has 0 aliphatic heterocycles. The minimum Gasteiger partial charge on any atom is -0.373 e. The molecular weight excluding hydrogens is 214 g/mol. The zero-order chi connectivity index (χ0) is 12.5. The second kappa shape index (κ2) is 7.59. The summed E-state index contributed by atoms with van der Waals surface area (Å²) in [7, 11) is 0. The van der Waals surface area contributed by atoms with Crippen LogP contribution in [-0.2, 0) is 4.74 Å². The van der Waals surface area contributed by atoms with E-state index in [4.69, 9.17) is 10.00 Å². The van der Waals surface area contributed by atoms with E-state index >= 15 is 0 Å². The van der Waals surface area contributed by atoms with Crippen molar-refractivity contribution < 1.29 is 9.53 Å². The molecule has 0 spiro atoms. The Hall–Kier alpha value is -1.66. The fourth-order valence-corrected chi connectivity index (χ4v) is 1.43. The third-order valence-electron chi connectivity index (χ3n) is 2.46. The van der Waals surface area contributed by atoms with Gasteiger partial charge in [0.05, 0.1) is 11.6 Å². The van der Waals surface area contributed by atoms with Gasteiger partial charge >= 0.3 is 0 Å². The fraction of sp³-hybridized carbons (Fsp3) is 0.429. The fourth-order valence-electron chi connectivity index (χ4n) is 1.43. The van der Waals surface area contributed by atoms with Crippen LogP contribution in [0.4, 0.5) is 0 Å². The maximum atomic E-state index is 11.7. The van der Waals surface area contributed by atoms with Gasteiger partial charge < -0.3 is 4.74 Å². The number of unbranched alkanes of at least 4 members (excludes halogenated alkanes) is 2. The van der Waals surface area contributed by atoms with E-state index in [1.54, 1.807) is 24.3 Å². The topological polar surface area (TPSA) is 50.1 Å². The molecule has 17 heavy (non-hydrogen) atoms. The van der Waals surface area contributed by atoms with Crippen LogP contribution in [0.5, 0.6) is 0 Å². The Kier molecular flexibility index (Phi) is 5.98. The highest BCUT2D eigenvalue weighted by Gasteiger charge is 2.05. The number of ether oxygens (including phenoxy) is 1. The van der Waals surface area contributed by atoms with Crippen molar-refractivity contribution in [2.75, 3.05) is 13.2 Å². The standard InChI is InChI=1S/C14H17NO2/c1-2-3-4-9-17-11-14(16)13-7-5-12(10-15)6-8-13/h5-8H,2-4,9,11H2,1H3. The molecule has 0 heterocycles. The molecule has 1 aromatic rings. The summed E-state index contributed by atoms with van der Waals surface area (Å²) in [6, 6.07) is 8.63. The van der Waals surface area contributed by atoms with E-state index in [1.165, 1.54) is 0 Å². The SMILES string of the molecule is CCCCCOCC(=O)c1ccc(C#N)cc1. The molecule has 0 unspecified atom stereocenters. The van der Waals surface area contributed by atoms with Gasteiger partial charge in [0, 0.05) is 12.2 Å². The lowest BCUT2D eigenvalue weighted by atomic mass is 10.1. The summed E-state index contributed by atoms with van der Waals surface area (Å²) in [5, 5.41) is 8.63. The molecule has 0 N–H and O–H groups in total. The Balaban J connectivity index is 2.34. The van der Waals surface area contributed by atoms with E-state index < -0.39 is 0 Å². The lowest BCUT2D eigenvalue weighted by molar-refractivity contribution is 0.0753. The molecule has 0 aromatic heterocycles. The van der Waals surface area contributed by atoms with Crippen LogP contribution in [0.1, 0.15) is 42.1 Å². The predicted molar refractivity (Wildman–Crippen MR) is 65.8 cm³/mol. The number of hydrogen-bond donors (Lipinski definition) is 0. The molecular formula is C14H17NO2. The molecule has 0 atom stereocenters. The number of carbonyl (C=O) groups is 1. The number of rotatable bonds is 7. The monoisotopic (exact) mass is 231 g/mol. The largest absolute Gasteiger partial charge is 0.373 e. The van der Waals surface area contributed by atoms with E-state index in [2.05, 4.69) is 6.92 Å². The minimum absolute atomic E-state index is 0.0361. The summed E-state index contributed by atoms with van der Waals surface area (Å²) >= 11 is 0. The summed E-state index contributed by atoms with van der Waals surface area (Å²) in [6.07, 6.45) is 3.27. The summed E-state index contributed by atoms with van der Waals surface area (Å²) in [4.78, 5) is 11.7. The smallest absolute Gasteiger partial charge is 0.188 e. The van der Waals surface area contributed by atoms with Crippen LogP contribution in [0.25, 0.3) is 0 Å². The quantitative estimate of drug-likeness (QED) is 0.535. The van der Waals surface area contributed by atoms with E-state index in [9.17, 15) is 4.79 Å². The van der Waals surface area contributed by atoms with Crippen LogP contribution in [0.3, 0.4) is 0 Å². The lowest BCUT2D eigenvalue weighted by Gasteiger charge is -2.03. The Bertz CT molecular complexity index is 390. The summed E-state index contributed by atoms with van der Waals surface area (Å²) < 4.78 is 5.29. The molecule has 0 amide bonds. The molecule has 0 radical (unpaired) electrons. The van der Waals surface area contributed by atoms with Crippen LogP contribution in [0.15, 0.2) is 24.3 Å². The van der Waals surface area contributed by atoms with E-state index in [0.29, 0.717) is 17.7 Å². The molecule has 0 saturated carbocycles. The average molecular weight is 231 g/mol. The van der Waals surface area contributed by atoms with E-state index in [-0.39, 0.29) is 12.4 Å². The Labute approximate surface area is 102 Å². The summed E-state index contributed by atoms with van der Waals surface area (Å²) in [5.41, 5.74) is 1.16. The Morgan fingerprint density at radius 3 is 2.59 bits per heavy atom. The van der Waals surface area contributed by atoms with E-state index in [0.717, 1.165) is 19.3 Å². The van der Waals surface area contributed by atoms with Crippen molar-refractivity contribution in [3.8, 4) is 6.07 Å². The zero-order valence-electron chi connectivity index (χ0n) is 10.1. The zero-order valence-corrected chi connectivity index (χ0v) is 10.1. The minimum atomic E-state index is -0.0361. The molecule has 1 rings (SSSR count). The number of nitriles is 1. The molecule has 1 aromatic carbocycles. The van der Waals surface area contributed by atoms with E-state index in [1.807, 2.05) is 6.07 Å². The highest BCUT2D eigenvalue weighted by molar-refractivity contribution is 5.97. The molecule has 90 valence electrons. The van der Waals surface area contributed by atoms with Crippen molar-refractivity contribution in [1.82, 2.24) is 0 Å². The van der Waals surface area contributed by atoms with Gasteiger partial charge in [0.1, 0.15) is 6.61 Å². The first-order valence-corrected chi connectivity index (χ1v) is 5.89. The Morgan fingerprint density at radius 2 is 2.00 bits per heavy atom. The average Bonchev–Trinajstić information content (AvgIpc) is 2.38. The van der Waals surface area contributed by atoms with Crippen molar-refractivity contribution in [1.29, 1.82) is 5.26 Å². The number of benzene rings is 1. The van der Waals surface area contributed by atoms with Gasteiger partial charge in [-0.05, 0) is 18.6 Å². The number of carbonyl (C=O) groups excluding carboxylic acids is 1. The number of ketones is 1. The second-order valence-electron chi connectivity index (χ2n) is 3.87. The maximum Gasteiger partial charge on any atom is 0.188 e.